The zero-order valence-corrected chi connectivity index (χ0v) is 14.4. The highest BCUT2D eigenvalue weighted by Crippen LogP contribution is 2.26. The Bertz CT molecular complexity index is 339. The summed E-state index contributed by atoms with van der Waals surface area (Å²) >= 11 is 5.34. The fourth-order valence-corrected chi connectivity index (χ4v) is 3.66. The average molecular weight is 333 g/mol. The monoisotopic (exact) mass is 332 g/mol. The van der Waals surface area contributed by atoms with E-state index < -0.39 is 0 Å². The molecule has 1 N–H and O–H groups in total. The van der Waals surface area contributed by atoms with Crippen molar-refractivity contribution in [2.45, 2.75) is 39.3 Å². The predicted molar refractivity (Wildman–Crippen MR) is 85.4 cm³/mol. The largest absolute Gasteiger partial charge is 0.308 e. The number of thiophene rings is 1. The topological polar surface area (TPSA) is 15.3 Å². The minimum absolute atomic E-state index is 0.421. The lowest BCUT2D eigenvalue weighted by atomic mass is 10.0. The van der Waals surface area contributed by atoms with Gasteiger partial charge in [0.2, 0.25) is 0 Å². The van der Waals surface area contributed by atoms with Gasteiger partial charge in [-0.2, -0.15) is 0 Å². The summed E-state index contributed by atoms with van der Waals surface area (Å²) in [5.41, 5.74) is 0. The van der Waals surface area contributed by atoms with Gasteiger partial charge in [0.25, 0.3) is 0 Å². The molecule has 0 bridgehead atoms. The molecule has 0 aliphatic heterocycles. The second-order valence-corrected chi connectivity index (χ2v) is 7.50. The lowest BCUT2D eigenvalue weighted by molar-refractivity contribution is 0.292. The highest BCUT2D eigenvalue weighted by atomic mass is 79.9. The van der Waals surface area contributed by atoms with Crippen LogP contribution in [0.1, 0.15) is 38.1 Å². The zero-order chi connectivity index (χ0) is 13.7. The molecule has 0 amide bonds. The third-order valence-corrected chi connectivity index (χ3v) is 4.72. The first-order valence-electron chi connectivity index (χ1n) is 6.53. The molecule has 0 saturated heterocycles. The maximum absolute atomic E-state index is 3.76. The Kier molecular flexibility index (Phi) is 6.85. The molecule has 1 heterocycles. The van der Waals surface area contributed by atoms with Crippen molar-refractivity contribution < 1.29 is 0 Å². The van der Waals surface area contributed by atoms with E-state index in [1.807, 2.05) is 11.3 Å². The highest BCUT2D eigenvalue weighted by molar-refractivity contribution is 9.10. The van der Waals surface area contributed by atoms with Crippen LogP contribution in [0.25, 0.3) is 0 Å². The van der Waals surface area contributed by atoms with Crippen molar-refractivity contribution in [2.75, 3.05) is 20.6 Å². The number of hydrogen-bond acceptors (Lipinski definition) is 3. The molecule has 4 heteroatoms. The maximum atomic E-state index is 3.76. The number of hydrogen-bond donors (Lipinski definition) is 1. The van der Waals surface area contributed by atoms with Crippen LogP contribution in [0.2, 0.25) is 0 Å². The molecule has 1 aromatic rings. The molecule has 0 fully saturated rings. The van der Waals surface area contributed by atoms with E-state index >= 15 is 0 Å². The molecular weight excluding hydrogens is 308 g/mol. The summed E-state index contributed by atoms with van der Waals surface area (Å²) in [6, 6.07) is 3.19. The van der Waals surface area contributed by atoms with Gasteiger partial charge in [-0.1, -0.05) is 13.8 Å². The number of likely N-dealkylation sites (N-methyl/N-ethyl adjacent to an activating group) is 1. The minimum Gasteiger partial charge on any atom is -0.308 e. The van der Waals surface area contributed by atoms with Crippen LogP contribution >= 0.6 is 27.3 Å². The molecule has 18 heavy (non-hydrogen) atoms. The summed E-state index contributed by atoms with van der Waals surface area (Å²) in [6.07, 6.45) is 1.22. The van der Waals surface area contributed by atoms with Crippen molar-refractivity contribution in [1.29, 1.82) is 0 Å². The lowest BCUT2D eigenvalue weighted by Gasteiger charge is -2.27. The summed E-state index contributed by atoms with van der Waals surface area (Å²) in [7, 11) is 4.28. The van der Waals surface area contributed by atoms with Gasteiger partial charge >= 0.3 is 0 Å². The molecule has 104 valence electrons. The van der Waals surface area contributed by atoms with Crippen molar-refractivity contribution in [3.8, 4) is 0 Å². The first kappa shape index (κ1) is 16.2. The Morgan fingerprint density at radius 3 is 2.44 bits per heavy atom. The molecule has 0 aromatic carbocycles. The normalized spacial score (nSPS) is 15.3. The van der Waals surface area contributed by atoms with E-state index in [0.29, 0.717) is 12.1 Å². The average Bonchev–Trinajstić information content (AvgIpc) is 2.62. The van der Waals surface area contributed by atoms with Gasteiger partial charge in [0.05, 0.1) is 0 Å². The van der Waals surface area contributed by atoms with Crippen molar-refractivity contribution in [3.05, 3.63) is 20.8 Å². The van der Waals surface area contributed by atoms with Crippen LogP contribution in [-0.4, -0.2) is 31.6 Å². The van der Waals surface area contributed by atoms with Gasteiger partial charge in [-0.05, 0) is 55.4 Å². The van der Waals surface area contributed by atoms with Gasteiger partial charge < -0.3 is 10.2 Å². The van der Waals surface area contributed by atoms with E-state index in [1.165, 1.54) is 15.8 Å². The quantitative estimate of drug-likeness (QED) is 0.807. The Hall–Kier alpha value is 0.1000. The fourth-order valence-electron chi connectivity index (χ4n) is 2.20. The van der Waals surface area contributed by atoms with Gasteiger partial charge in [-0.15, -0.1) is 11.3 Å². The van der Waals surface area contributed by atoms with Crippen LogP contribution < -0.4 is 5.32 Å². The van der Waals surface area contributed by atoms with E-state index in [-0.39, 0.29) is 0 Å². The molecule has 1 rings (SSSR count). The predicted octanol–water partition coefficient (Wildman–Crippen LogP) is 4.14. The smallest absolute Gasteiger partial charge is 0.0389 e. The van der Waals surface area contributed by atoms with Crippen molar-refractivity contribution in [3.63, 3.8) is 0 Å². The Labute approximate surface area is 124 Å². The van der Waals surface area contributed by atoms with Crippen LogP contribution in [0.3, 0.4) is 0 Å². The van der Waals surface area contributed by atoms with Crippen molar-refractivity contribution >= 4 is 27.3 Å². The van der Waals surface area contributed by atoms with Crippen LogP contribution in [0.4, 0.5) is 0 Å². The van der Waals surface area contributed by atoms with Gasteiger partial charge in [0, 0.05) is 33.4 Å². The van der Waals surface area contributed by atoms with Gasteiger partial charge in [-0.3, -0.25) is 0 Å². The number of nitrogens with zero attached hydrogens (tertiary/aromatic N) is 1. The maximum Gasteiger partial charge on any atom is 0.0389 e. The standard InChI is InChI=1S/C14H25BrN2S/c1-10(2)6-13(8-17(4)5)16-11(3)14-7-12(15)9-18-14/h7,9-11,13,16H,6,8H2,1-5H3. The van der Waals surface area contributed by atoms with Crippen LogP contribution in [0.15, 0.2) is 15.9 Å². The summed E-state index contributed by atoms with van der Waals surface area (Å²) in [5, 5.41) is 5.91. The molecule has 2 unspecified atom stereocenters. The van der Waals surface area contributed by atoms with E-state index in [1.54, 1.807) is 0 Å². The third kappa shape index (κ3) is 5.83. The molecule has 1 aromatic heterocycles. The lowest BCUT2D eigenvalue weighted by Crippen LogP contribution is -2.40. The molecule has 0 saturated carbocycles. The molecule has 2 nitrogen and oxygen atoms in total. The summed E-state index contributed by atoms with van der Waals surface area (Å²) < 4.78 is 1.18. The molecular formula is C14H25BrN2S. The van der Waals surface area contributed by atoms with E-state index in [2.05, 4.69) is 72.5 Å². The van der Waals surface area contributed by atoms with Crippen molar-refractivity contribution in [1.82, 2.24) is 10.2 Å². The Balaban J connectivity index is 2.58. The van der Waals surface area contributed by atoms with E-state index in [4.69, 9.17) is 0 Å². The van der Waals surface area contributed by atoms with Gasteiger partial charge in [0.15, 0.2) is 0 Å². The Morgan fingerprint density at radius 1 is 1.33 bits per heavy atom. The van der Waals surface area contributed by atoms with E-state index in [0.717, 1.165) is 12.5 Å². The van der Waals surface area contributed by atoms with E-state index in [9.17, 15) is 0 Å². The first-order chi connectivity index (χ1) is 8.38. The second-order valence-electron chi connectivity index (χ2n) is 5.64. The summed E-state index contributed by atoms with van der Waals surface area (Å²) in [4.78, 5) is 3.66. The van der Waals surface area contributed by atoms with Crippen LogP contribution in [-0.2, 0) is 0 Å². The SMILES string of the molecule is CC(C)CC(CN(C)C)NC(C)c1cc(Br)cs1. The van der Waals surface area contributed by atoms with Crippen molar-refractivity contribution in [2.24, 2.45) is 5.92 Å². The molecule has 0 radical (unpaired) electrons. The zero-order valence-electron chi connectivity index (χ0n) is 12.0. The highest BCUT2D eigenvalue weighted by Gasteiger charge is 2.16. The minimum atomic E-state index is 0.421. The first-order valence-corrected chi connectivity index (χ1v) is 8.20. The Morgan fingerprint density at radius 2 is 2.00 bits per heavy atom. The van der Waals surface area contributed by atoms with Gasteiger partial charge in [0.1, 0.15) is 0 Å². The summed E-state index contributed by atoms with van der Waals surface area (Å²) in [5.74, 6) is 0.727. The van der Waals surface area contributed by atoms with Crippen LogP contribution in [0, 0.1) is 5.92 Å². The number of nitrogens with one attached hydrogen (secondary N) is 1. The molecule has 0 spiro atoms. The molecule has 0 aliphatic carbocycles. The summed E-state index contributed by atoms with van der Waals surface area (Å²) in [6.45, 7) is 7.92. The second kappa shape index (κ2) is 7.63. The fraction of sp³-hybridized carbons (Fsp3) is 0.714. The number of halogens is 1. The third-order valence-electron chi connectivity index (χ3n) is 2.84. The van der Waals surface area contributed by atoms with Gasteiger partial charge in [-0.25, -0.2) is 0 Å². The number of rotatable bonds is 7. The molecule has 0 aliphatic rings. The van der Waals surface area contributed by atoms with Crippen LogP contribution in [0.5, 0.6) is 0 Å². The molecule has 2 atom stereocenters.